The van der Waals surface area contributed by atoms with Crippen LogP contribution in [0.3, 0.4) is 0 Å². The molecular formula is C14H22ClN3. The van der Waals surface area contributed by atoms with Crippen LogP contribution in [0.25, 0.3) is 0 Å². The Bertz CT molecular complexity index is 431. The highest BCUT2D eigenvalue weighted by Crippen LogP contribution is 2.31. The zero-order chi connectivity index (χ0) is 13.3. The highest BCUT2D eigenvalue weighted by molar-refractivity contribution is 6.30. The molecule has 100 valence electrons. The fourth-order valence-corrected chi connectivity index (χ4v) is 2.69. The van der Waals surface area contributed by atoms with Gasteiger partial charge in [-0.25, -0.2) is 9.97 Å². The Balaban J connectivity index is 2.26. The molecule has 0 radical (unpaired) electrons. The van der Waals surface area contributed by atoms with Gasteiger partial charge in [0.1, 0.15) is 16.8 Å². The molecule has 18 heavy (non-hydrogen) atoms. The Morgan fingerprint density at radius 1 is 1.39 bits per heavy atom. The van der Waals surface area contributed by atoms with Gasteiger partial charge in [0.15, 0.2) is 0 Å². The van der Waals surface area contributed by atoms with Crippen LogP contribution in [0, 0.1) is 18.8 Å². The van der Waals surface area contributed by atoms with Crippen molar-refractivity contribution in [1.82, 2.24) is 9.97 Å². The van der Waals surface area contributed by atoms with Crippen LogP contribution in [-0.4, -0.2) is 23.1 Å². The third kappa shape index (κ3) is 2.61. The second-order valence-electron chi connectivity index (χ2n) is 5.47. The first kappa shape index (κ1) is 13.6. The molecule has 1 aliphatic rings. The molecule has 0 saturated carbocycles. The fourth-order valence-electron chi connectivity index (χ4n) is 2.51. The normalized spacial score (nSPS) is 19.9. The molecule has 0 aromatic carbocycles. The van der Waals surface area contributed by atoms with E-state index in [1.54, 1.807) is 0 Å². The van der Waals surface area contributed by atoms with Crippen LogP contribution in [0.5, 0.6) is 0 Å². The van der Waals surface area contributed by atoms with Crippen LogP contribution in [-0.2, 0) is 6.42 Å². The first-order valence-electron chi connectivity index (χ1n) is 6.80. The van der Waals surface area contributed by atoms with Gasteiger partial charge in [0, 0.05) is 25.1 Å². The summed E-state index contributed by atoms with van der Waals surface area (Å²) >= 11 is 6.20. The molecule has 1 fully saturated rings. The van der Waals surface area contributed by atoms with Crippen LogP contribution in [0.2, 0.25) is 5.15 Å². The smallest absolute Gasteiger partial charge is 0.137 e. The molecule has 2 rings (SSSR count). The van der Waals surface area contributed by atoms with E-state index in [0.29, 0.717) is 5.15 Å². The van der Waals surface area contributed by atoms with Crippen molar-refractivity contribution in [1.29, 1.82) is 0 Å². The molecule has 1 atom stereocenters. The monoisotopic (exact) mass is 267 g/mol. The van der Waals surface area contributed by atoms with Crippen molar-refractivity contribution in [2.45, 2.75) is 40.5 Å². The summed E-state index contributed by atoms with van der Waals surface area (Å²) in [6.45, 7) is 10.8. The van der Waals surface area contributed by atoms with E-state index in [4.69, 9.17) is 11.6 Å². The molecule has 0 amide bonds. The molecule has 4 heteroatoms. The number of hydrogen-bond donors (Lipinski definition) is 0. The van der Waals surface area contributed by atoms with Crippen LogP contribution >= 0.6 is 11.6 Å². The van der Waals surface area contributed by atoms with Gasteiger partial charge in [0.05, 0.1) is 0 Å². The quantitative estimate of drug-likeness (QED) is 0.785. The Morgan fingerprint density at radius 2 is 2.11 bits per heavy atom. The summed E-state index contributed by atoms with van der Waals surface area (Å²) in [5.74, 6) is 3.38. The maximum atomic E-state index is 6.20. The Labute approximate surface area is 115 Å². The summed E-state index contributed by atoms with van der Waals surface area (Å²) in [7, 11) is 0. The van der Waals surface area contributed by atoms with E-state index in [9.17, 15) is 0 Å². The molecular weight excluding hydrogens is 246 g/mol. The molecule has 0 bridgehead atoms. The van der Waals surface area contributed by atoms with Crippen LogP contribution < -0.4 is 4.90 Å². The van der Waals surface area contributed by atoms with E-state index in [0.717, 1.165) is 48.6 Å². The minimum atomic E-state index is 0.602. The standard InChI is InChI=1S/C14H22ClN3/c1-5-12-16-13(15)10(4)14(17-12)18-7-6-11(8-18)9(2)3/h9,11H,5-8H2,1-4H3. The van der Waals surface area contributed by atoms with Gasteiger partial charge in [-0.15, -0.1) is 0 Å². The van der Waals surface area contributed by atoms with E-state index in [-0.39, 0.29) is 0 Å². The molecule has 2 heterocycles. The minimum Gasteiger partial charge on any atom is -0.356 e. The van der Waals surface area contributed by atoms with Crippen molar-refractivity contribution in [3.8, 4) is 0 Å². The van der Waals surface area contributed by atoms with Gasteiger partial charge in [0.25, 0.3) is 0 Å². The SMILES string of the molecule is CCc1nc(Cl)c(C)c(N2CCC(C(C)C)C2)n1. The van der Waals surface area contributed by atoms with Crippen molar-refractivity contribution in [3.63, 3.8) is 0 Å². The van der Waals surface area contributed by atoms with Gasteiger partial charge >= 0.3 is 0 Å². The van der Waals surface area contributed by atoms with E-state index in [1.165, 1.54) is 6.42 Å². The van der Waals surface area contributed by atoms with Gasteiger partial charge in [-0.3, -0.25) is 0 Å². The zero-order valence-corrected chi connectivity index (χ0v) is 12.5. The molecule has 3 nitrogen and oxygen atoms in total. The molecule has 1 aromatic rings. The second kappa shape index (κ2) is 5.43. The maximum Gasteiger partial charge on any atom is 0.137 e. The first-order valence-corrected chi connectivity index (χ1v) is 7.18. The van der Waals surface area contributed by atoms with Crippen molar-refractivity contribution in [3.05, 3.63) is 16.5 Å². The number of aromatic nitrogens is 2. The molecule has 1 aromatic heterocycles. The van der Waals surface area contributed by atoms with E-state index in [1.807, 2.05) is 6.92 Å². The average molecular weight is 268 g/mol. The zero-order valence-electron chi connectivity index (χ0n) is 11.7. The van der Waals surface area contributed by atoms with Crippen molar-refractivity contribution in [2.75, 3.05) is 18.0 Å². The van der Waals surface area contributed by atoms with Crippen molar-refractivity contribution >= 4 is 17.4 Å². The highest BCUT2D eigenvalue weighted by Gasteiger charge is 2.27. The predicted molar refractivity (Wildman–Crippen MR) is 76.3 cm³/mol. The van der Waals surface area contributed by atoms with Crippen molar-refractivity contribution < 1.29 is 0 Å². The molecule has 1 aliphatic heterocycles. The molecule has 1 saturated heterocycles. The summed E-state index contributed by atoms with van der Waals surface area (Å²) < 4.78 is 0. The lowest BCUT2D eigenvalue weighted by molar-refractivity contribution is 0.422. The molecule has 0 aliphatic carbocycles. The number of halogens is 1. The summed E-state index contributed by atoms with van der Waals surface area (Å²) in [6.07, 6.45) is 2.08. The Kier molecular flexibility index (Phi) is 4.10. The lowest BCUT2D eigenvalue weighted by atomic mass is 9.95. The third-order valence-electron chi connectivity index (χ3n) is 3.89. The predicted octanol–water partition coefficient (Wildman–Crippen LogP) is 3.48. The molecule has 0 spiro atoms. The number of aryl methyl sites for hydroxylation is 1. The van der Waals surface area contributed by atoms with Crippen LogP contribution in [0.15, 0.2) is 0 Å². The summed E-state index contributed by atoms with van der Waals surface area (Å²) in [6, 6.07) is 0. The highest BCUT2D eigenvalue weighted by atomic mass is 35.5. The minimum absolute atomic E-state index is 0.602. The van der Waals surface area contributed by atoms with Gasteiger partial charge < -0.3 is 4.90 Å². The van der Waals surface area contributed by atoms with Gasteiger partial charge in [-0.05, 0) is 25.2 Å². The van der Waals surface area contributed by atoms with E-state index in [2.05, 4.69) is 35.6 Å². The summed E-state index contributed by atoms with van der Waals surface area (Å²) in [4.78, 5) is 11.3. The maximum absolute atomic E-state index is 6.20. The van der Waals surface area contributed by atoms with Crippen LogP contribution in [0.1, 0.15) is 38.6 Å². The first-order chi connectivity index (χ1) is 8.52. The van der Waals surface area contributed by atoms with Gasteiger partial charge in [-0.1, -0.05) is 32.4 Å². The van der Waals surface area contributed by atoms with Gasteiger partial charge in [0.2, 0.25) is 0 Å². The largest absolute Gasteiger partial charge is 0.356 e. The summed E-state index contributed by atoms with van der Waals surface area (Å²) in [5.41, 5.74) is 1.01. The Hall–Kier alpha value is -0.830. The number of anilines is 1. The lowest BCUT2D eigenvalue weighted by Gasteiger charge is -2.21. The molecule has 1 unspecified atom stereocenters. The molecule has 0 N–H and O–H groups in total. The number of rotatable bonds is 3. The van der Waals surface area contributed by atoms with Gasteiger partial charge in [-0.2, -0.15) is 0 Å². The average Bonchev–Trinajstić information content (AvgIpc) is 2.82. The Morgan fingerprint density at radius 3 is 2.67 bits per heavy atom. The van der Waals surface area contributed by atoms with Crippen LogP contribution in [0.4, 0.5) is 5.82 Å². The fraction of sp³-hybridized carbons (Fsp3) is 0.714. The third-order valence-corrected chi connectivity index (χ3v) is 4.26. The number of hydrogen-bond acceptors (Lipinski definition) is 3. The van der Waals surface area contributed by atoms with E-state index < -0.39 is 0 Å². The van der Waals surface area contributed by atoms with Crippen molar-refractivity contribution in [2.24, 2.45) is 11.8 Å². The second-order valence-corrected chi connectivity index (χ2v) is 5.83. The topological polar surface area (TPSA) is 29.0 Å². The van der Waals surface area contributed by atoms with E-state index >= 15 is 0 Å². The number of nitrogens with zero attached hydrogens (tertiary/aromatic N) is 3. The lowest BCUT2D eigenvalue weighted by Crippen LogP contribution is -2.24. The summed E-state index contributed by atoms with van der Waals surface area (Å²) in [5, 5.41) is 0.602.